The zero-order valence-corrected chi connectivity index (χ0v) is 12.8. The molecule has 2 aromatic heterocycles. The quantitative estimate of drug-likeness (QED) is 0.808. The lowest BCUT2D eigenvalue weighted by molar-refractivity contribution is 0.176. The summed E-state index contributed by atoms with van der Waals surface area (Å²) in [7, 11) is 1.66. The first-order valence-electron chi connectivity index (χ1n) is 7.62. The van der Waals surface area contributed by atoms with E-state index in [1.807, 2.05) is 36.4 Å². The van der Waals surface area contributed by atoms with E-state index >= 15 is 0 Å². The maximum Gasteiger partial charge on any atom is 0.138 e. The number of pyridine rings is 1. The van der Waals surface area contributed by atoms with Gasteiger partial charge in [-0.3, -0.25) is 4.98 Å². The van der Waals surface area contributed by atoms with Gasteiger partial charge in [-0.25, -0.2) is 4.98 Å². The first-order chi connectivity index (χ1) is 11.3. The Morgan fingerprint density at radius 2 is 1.96 bits per heavy atom. The molecule has 0 spiro atoms. The Kier molecular flexibility index (Phi) is 3.35. The third-order valence-corrected chi connectivity index (χ3v) is 4.24. The summed E-state index contributed by atoms with van der Waals surface area (Å²) in [6.07, 6.45) is 3.73. The second-order valence-electron chi connectivity index (χ2n) is 5.56. The van der Waals surface area contributed by atoms with Crippen LogP contribution in [0.3, 0.4) is 0 Å². The summed E-state index contributed by atoms with van der Waals surface area (Å²) >= 11 is 0. The average Bonchev–Trinajstić information content (AvgIpc) is 3.15. The number of fused-ring (bicyclic) bond motifs is 1. The molecule has 1 unspecified atom stereocenters. The van der Waals surface area contributed by atoms with E-state index in [2.05, 4.69) is 9.55 Å². The Balaban J connectivity index is 1.99. The van der Waals surface area contributed by atoms with E-state index in [4.69, 9.17) is 9.72 Å². The van der Waals surface area contributed by atoms with E-state index in [0.717, 1.165) is 40.6 Å². The van der Waals surface area contributed by atoms with Gasteiger partial charge in [0.2, 0.25) is 0 Å². The Morgan fingerprint density at radius 1 is 1.17 bits per heavy atom. The second kappa shape index (κ2) is 5.52. The fourth-order valence-corrected chi connectivity index (χ4v) is 3.16. The molecule has 5 heteroatoms. The zero-order chi connectivity index (χ0) is 15.8. The first-order valence-corrected chi connectivity index (χ1v) is 7.62. The molecule has 116 valence electrons. The smallest absolute Gasteiger partial charge is 0.138 e. The van der Waals surface area contributed by atoms with Crippen molar-refractivity contribution in [2.75, 3.05) is 7.11 Å². The van der Waals surface area contributed by atoms with Gasteiger partial charge in [-0.15, -0.1) is 0 Å². The summed E-state index contributed by atoms with van der Waals surface area (Å²) in [5.41, 5.74) is 3.80. The number of imidazole rings is 1. The van der Waals surface area contributed by atoms with Gasteiger partial charge in [-0.2, -0.15) is 0 Å². The predicted octanol–water partition coefficient (Wildman–Crippen LogP) is 3.06. The molecule has 3 aromatic rings. The molecule has 1 aliphatic heterocycles. The van der Waals surface area contributed by atoms with Crippen molar-refractivity contribution in [3.63, 3.8) is 0 Å². The normalized spacial score (nSPS) is 16.3. The minimum absolute atomic E-state index is 0.515. The van der Waals surface area contributed by atoms with Crippen LogP contribution in [0.2, 0.25) is 0 Å². The van der Waals surface area contributed by atoms with Gasteiger partial charge in [0.05, 0.1) is 12.8 Å². The van der Waals surface area contributed by atoms with Gasteiger partial charge in [0.25, 0.3) is 0 Å². The zero-order valence-electron chi connectivity index (χ0n) is 12.8. The minimum Gasteiger partial charge on any atom is -0.496 e. The first kappa shape index (κ1) is 14.0. The number of hydrogen-bond acceptors (Lipinski definition) is 4. The van der Waals surface area contributed by atoms with E-state index in [1.54, 1.807) is 19.5 Å². The van der Waals surface area contributed by atoms with E-state index in [-0.39, 0.29) is 0 Å². The predicted molar refractivity (Wildman–Crippen MR) is 87.0 cm³/mol. The SMILES string of the molecule is COc1ccccc1-c1nc2n(c1-c1ccncc1)CCC2O. The molecule has 0 amide bonds. The number of aliphatic hydroxyl groups excluding tert-OH is 1. The number of benzene rings is 1. The maximum absolute atomic E-state index is 10.2. The molecular weight excluding hydrogens is 290 g/mol. The molecule has 1 N–H and O–H groups in total. The highest BCUT2D eigenvalue weighted by Crippen LogP contribution is 2.41. The van der Waals surface area contributed by atoms with Gasteiger partial charge < -0.3 is 14.4 Å². The van der Waals surface area contributed by atoms with E-state index in [0.29, 0.717) is 6.42 Å². The summed E-state index contributed by atoms with van der Waals surface area (Å²) in [5.74, 6) is 1.49. The maximum atomic E-state index is 10.2. The lowest BCUT2D eigenvalue weighted by Gasteiger charge is -2.10. The van der Waals surface area contributed by atoms with Crippen LogP contribution in [0.4, 0.5) is 0 Å². The highest BCUT2D eigenvalue weighted by molar-refractivity contribution is 5.82. The fourth-order valence-electron chi connectivity index (χ4n) is 3.16. The molecule has 5 nitrogen and oxygen atoms in total. The second-order valence-corrected chi connectivity index (χ2v) is 5.56. The van der Waals surface area contributed by atoms with Gasteiger partial charge in [0.1, 0.15) is 23.4 Å². The Morgan fingerprint density at radius 3 is 2.74 bits per heavy atom. The molecule has 0 bridgehead atoms. The van der Waals surface area contributed by atoms with Gasteiger partial charge in [0, 0.05) is 30.1 Å². The number of ether oxygens (including phenoxy) is 1. The number of rotatable bonds is 3. The van der Waals surface area contributed by atoms with Crippen LogP contribution in [0.1, 0.15) is 18.3 Å². The van der Waals surface area contributed by atoms with Crippen molar-refractivity contribution < 1.29 is 9.84 Å². The number of aromatic nitrogens is 3. The number of para-hydroxylation sites is 1. The third kappa shape index (κ3) is 2.21. The molecule has 1 aromatic carbocycles. The van der Waals surface area contributed by atoms with Crippen LogP contribution < -0.4 is 4.74 Å². The molecule has 0 aliphatic carbocycles. The molecule has 0 fully saturated rings. The molecule has 0 saturated heterocycles. The van der Waals surface area contributed by atoms with Crippen LogP contribution in [-0.4, -0.2) is 26.8 Å². The molecule has 1 aliphatic rings. The standard InChI is InChI=1S/C18H17N3O2/c1-23-15-5-3-2-4-13(15)16-17(12-6-9-19-10-7-12)21-11-8-14(22)18(21)20-16/h2-7,9-10,14,22H,8,11H2,1H3. The van der Waals surface area contributed by atoms with Gasteiger partial charge in [0.15, 0.2) is 0 Å². The van der Waals surface area contributed by atoms with Crippen LogP contribution >= 0.6 is 0 Å². The van der Waals surface area contributed by atoms with E-state index < -0.39 is 6.10 Å². The van der Waals surface area contributed by atoms with E-state index in [9.17, 15) is 5.11 Å². The monoisotopic (exact) mass is 307 g/mol. The average molecular weight is 307 g/mol. The molecule has 0 saturated carbocycles. The number of aliphatic hydroxyl groups is 1. The number of methoxy groups -OCH3 is 1. The van der Waals surface area contributed by atoms with Crippen molar-refractivity contribution in [1.82, 2.24) is 14.5 Å². The Hall–Kier alpha value is -2.66. The lowest BCUT2D eigenvalue weighted by Crippen LogP contribution is -1.97. The highest BCUT2D eigenvalue weighted by atomic mass is 16.5. The largest absolute Gasteiger partial charge is 0.496 e. The molecular formula is C18H17N3O2. The Labute approximate surface area is 134 Å². The summed E-state index contributed by atoms with van der Waals surface area (Å²) in [4.78, 5) is 8.84. The van der Waals surface area contributed by atoms with Crippen LogP contribution in [-0.2, 0) is 6.54 Å². The lowest BCUT2D eigenvalue weighted by atomic mass is 10.0. The van der Waals surface area contributed by atoms with Crippen molar-refractivity contribution >= 4 is 0 Å². The summed E-state index contributed by atoms with van der Waals surface area (Å²) in [6, 6.07) is 11.8. The van der Waals surface area contributed by atoms with Crippen LogP contribution in [0.5, 0.6) is 5.75 Å². The van der Waals surface area contributed by atoms with Crippen LogP contribution in [0, 0.1) is 0 Å². The molecule has 23 heavy (non-hydrogen) atoms. The van der Waals surface area contributed by atoms with Gasteiger partial charge >= 0.3 is 0 Å². The van der Waals surface area contributed by atoms with Gasteiger partial charge in [-0.1, -0.05) is 12.1 Å². The molecule has 3 heterocycles. The fraction of sp³-hybridized carbons (Fsp3) is 0.222. The van der Waals surface area contributed by atoms with Crippen molar-refractivity contribution in [2.24, 2.45) is 0 Å². The summed E-state index contributed by atoms with van der Waals surface area (Å²) < 4.78 is 7.59. The summed E-state index contributed by atoms with van der Waals surface area (Å²) in [5, 5.41) is 10.2. The highest BCUT2D eigenvalue weighted by Gasteiger charge is 2.29. The number of nitrogens with zero attached hydrogens (tertiary/aromatic N) is 3. The summed E-state index contributed by atoms with van der Waals surface area (Å²) in [6.45, 7) is 0.760. The van der Waals surface area contributed by atoms with Crippen molar-refractivity contribution in [1.29, 1.82) is 0 Å². The number of hydrogen-bond donors (Lipinski definition) is 1. The van der Waals surface area contributed by atoms with Crippen molar-refractivity contribution in [2.45, 2.75) is 19.1 Å². The topological polar surface area (TPSA) is 60.2 Å². The van der Waals surface area contributed by atoms with Crippen LogP contribution in [0.15, 0.2) is 48.8 Å². The van der Waals surface area contributed by atoms with E-state index in [1.165, 1.54) is 0 Å². The van der Waals surface area contributed by atoms with Crippen molar-refractivity contribution in [3.05, 3.63) is 54.6 Å². The Bertz CT molecular complexity index is 843. The van der Waals surface area contributed by atoms with Gasteiger partial charge in [-0.05, 0) is 30.7 Å². The molecule has 0 radical (unpaired) electrons. The molecule has 4 rings (SSSR count). The minimum atomic E-state index is -0.515. The third-order valence-electron chi connectivity index (χ3n) is 4.24. The van der Waals surface area contributed by atoms with Crippen molar-refractivity contribution in [3.8, 4) is 28.3 Å². The van der Waals surface area contributed by atoms with Crippen LogP contribution in [0.25, 0.3) is 22.5 Å². The molecule has 1 atom stereocenters.